The Bertz CT molecular complexity index is 952. The van der Waals surface area contributed by atoms with Gasteiger partial charge in [-0.15, -0.1) is 5.11 Å². The van der Waals surface area contributed by atoms with Crippen molar-refractivity contribution in [3.05, 3.63) is 66.7 Å². The second kappa shape index (κ2) is 5.67. The first kappa shape index (κ1) is 14.4. The summed E-state index contributed by atoms with van der Waals surface area (Å²) < 4.78 is 31.5. The third-order valence-corrected chi connectivity index (χ3v) is 4.01. The van der Waals surface area contributed by atoms with Crippen LogP contribution in [0, 0.1) is 0 Å². The van der Waals surface area contributed by atoms with Crippen molar-refractivity contribution in [1.82, 2.24) is 0 Å². The zero-order valence-electron chi connectivity index (χ0n) is 11.4. The molecule has 0 fully saturated rings. The zero-order valence-corrected chi connectivity index (χ0v) is 12.2. The Morgan fingerprint density at radius 1 is 0.818 bits per heavy atom. The highest BCUT2D eigenvalue weighted by Crippen LogP contribution is 2.29. The summed E-state index contributed by atoms with van der Waals surface area (Å²) in [5.41, 5.74) is 1.36. The maximum atomic E-state index is 11.2. The van der Waals surface area contributed by atoms with Crippen LogP contribution in [0.1, 0.15) is 0 Å². The first-order valence-electron chi connectivity index (χ1n) is 6.51. The van der Waals surface area contributed by atoms with Crippen LogP contribution in [0.2, 0.25) is 0 Å². The third-order valence-electron chi connectivity index (χ3n) is 3.16. The fourth-order valence-electron chi connectivity index (χ4n) is 2.10. The van der Waals surface area contributed by atoms with Crippen molar-refractivity contribution in [3.8, 4) is 0 Å². The Kier molecular flexibility index (Phi) is 3.70. The summed E-state index contributed by atoms with van der Waals surface area (Å²) in [5, 5.41) is 9.79. The Morgan fingerprint density at radius 3 is 2.32 bits per heavy atom. The highest BCUT2D eigenvalue weighted by atomic mass is 32.2. The van der Waals surface area contributed by atoms with E-state index in [1.807, 2.05) is 30.3 Å². The van der Waals surface area contributed by atoms with Gasteiger partial charge < -0.3 is 0 Å². The number of nitrogens with zero attached hydrogens (tertiary/aromatic N) is 2. The standard InChI is InChI=1S/C16H12N2O3S/c19-22(20,21)14-9-10-15-12(11-14)5-4-8-16(15)18-17-13-6-2-1-3-7-13/h1-11H,(H,19,20,21). The minimum atomic E-state index is -4.22. The minimum Gasteiger partial charge on any atom is -0.282 e. The van der Waals surface area contributed by atoms with Crippen LogP contribution in [-0.4, -0.2) is 13.0 Å². The molecule has 0 radical (unpaired) electrons. The molecule has 0 amide bonds. The number of fused-ring (bicyclic) bond motifs is 1. The molecule has 0 aliphatic heterocycles. The van der Waals surface area contributed by atoms with E-state index in [0.29, 0.717) is 11.1 Å². The Balaban J connectivity index is 2.06. The molecule has 110 valence electrons. The molecule has 0 saturated heterocycles. The monoisotopic (exact) mass is 312 g/mol. The largest absolute Gasteiger partial charge is 0.294 e. The fourth-order valence-corrected chi connectivity index (χ4v) is 2.61. The van der Waals surface area contributed by atoms with Crippen LogP contribution in [-0.2, 0) is 10.1 Å². The summed E-state index contributed by atoms with van der Waals surface area (Å²) in [4.78, 5) is -0.142. The van der Waals surface area contributed by atoms with Crippen LogP contribution < -0.4 is 0 Å². The molecule has 3 aromatic carbocycles. The Hall–Kier alpha value is -2.57. The van der Waals surface area contributed by atoms with Crippen molar-refractivity contribution in [2.24, 2.45) is 10.2 Å². The van der Waals surface area contributed by atoms with E-state index in [0.717, 1.165) is 11.1 Å². The van der Waals surface area contributed by atoms with Gasteiger partial charge in [0.05, 0.1) is 16.3 Å². The first-order chi connectivity index (χ1) is 10.5. The molecule has 0 aliphatic carbocycles. The van der Waals surface area contributed by atoms with Crippen LogP contribution in [0.3, 0.4) is 0 Å². The molecule has 0 aromatic heterocycles. The van der Waals surface area contributed by atoms with Gasteiger partial charge in [0.1, 0.15) is 0 Å². The van der Waals surface area contributed by atoms with E-state index < -0.39 is 10.1 Å². The lowest BCUT2D eigenvalue weighted by atomic mass is 10.1. The van der Waals surface area contributed by atoms with Gasteiger partial charge in [-0.3, -0.25) is 4.55 Å². The maximum absolute atomic E-state index is 11.2. The molecule has 0 saturated carbocycles. The van der Waals surface area contributed by atoms with E-state index in [1.165, 1.54) is 12.1 Å². The molecule has 6 heteroatoms. The van der Waals surface area contributed by atoms with Gasteiger partial charge in [0.15, 0.2) is 0 Å². The summed E-state index contributed by atoms with van der Waals surface area (Å²) in [5.74, 6) is 0. The molecule has 0 unspecified atom stereocenters. The molecule has 0 heterocycles. The van der Waals surface area contributed by atoms with Gasteiger partial charge in [0.25, 0.3) is 10.1 Å². The van der Waals surface area contributed by atoms with Crippen molar-refractivity contribution in [2.45, 2.75) is 4.90 Å². The molecule has 0 aliphatic rings. The highest BCUT2D eigenvalue weighted by Gasteiger charge is 2.10. The van der Waals surface area contributed by atoms with Gasteiger partial charge in [0, 0.05) is 5.39 Å². The predicted molar refractivity (Wildman–Crippen MR) is 84.4 cm³/mol. The van der Waals surface area contributed by atoms with E-state index in [-0.39, 0.29) is 4.90 Å². The van der Waals surface area contributed by atoms with Gasteiger partial charge in [-0.1, -0.05) is 36.4 Å². The van der Waals surface area contributed by atoms with E-state index in [1.54, 1.807) is 24.3 Å². The van der Waals surface area contributed by atoms with E-state index in [2.05, 4.69) is 10.2 Å². The molecule has 0 spiro atoms. The smallest absolute Gasteiger partial charge is 0.282 e. The number of hydrogen-bond donors (Lipinski definition) is 1. The molecule has 1 N–H and O–H groups in total. The molecule has 3 rings (SSSR count). The molecule has 22 heavy (non-hydrogen) atoms. The van der Waals surface area contributed by atoms with Crippen molar-refractivity contribution < 1.29 is 13.0 Å². The second-order valence-electron chi connectivity index (χ2n) is 4.67. The normalized spacial score (nSPS) is 12.0. The molecular weight excluding hydrogens is 300 g/mol. The van der Waals surface area contributed by atoms with Crippen LogP contribution in [0.5, 0.6) is 0 Å². The van der Waals surface area contributed by atoms with Crippen LogP contribution in [0.4, 0.5) is 11.4 Å². The molecule has 5 nitrogen and oxygen atoms in total. The van der Waals surface area contributed by atoms with Gasteiger partial charge in [-0.2, -0.15) is 13.5 Å². The number of hydrogen-bond acceptors (Lipinski definition) is 4. The molecule has 3 aromatic rings. The lowest BCUT2D eigenvalue weighted by Gasteiger charge is -2.03. The lowest BCUT2D eigenvalue weighted by Crippen LogP contribution is -1.97. The average Bonchev–Trinajstić information content (AvgIpc) is 2.52. The average molecular weight is 312 g/mol. The summed E-state index contributed by atoms with van der Waals surface area (Å²) >= 11 is 0. The SMILES string of the molecule is O=S(=O)(O)c1ccc2c(N=Nc3ccccc3)cccc2c1. The topological polar surface area (TPSA) is 79.1 Å². The number of azo groups is 1. The van der Waals surface area contributed by atoms with Crippen molar-refractivity contribution >= 4 is 32.3 Å². The fraction of sp³-hybridized carbons (Fsp3) is 0. The number of benzene rings is 3. The van der Waals surface area contributed by atoms with Crippen LogP contribution in [0.25, 0.3) is 10.8 Å². The third kappa shape index (κ3) is 3.03. The van der Waals surface area contributed by atoms with Crippen LogP contribution >= 0.6 is 0 Å². The Labute approximate surface area is 127 Å². The molecule has 0 bridgehead atoms. The van der Waals surface area contributed by atoms with Gasteiger partial charge in [-0.25, -0.2) is 0 Å². The maximum Gasteiger partial charge on any atom is 0.294 e. The van der Waals surface area contributed by atoms with Gasteiger partial charge in [-0.05, 0) is 35.7 Å². The summed E-state index contributed by atoms with van der Waals surface area (Å²) in [6.45, 7) is 0. The van der Waals surface area contributed by atoms with Crippen molar-refractivity contribution in [1.29, 1.82) is 0 Å². The predicted octanol–water partition coefficient (Wildman–Crippen LogP) is 4.50. The lowest BCUT2D eigenvalue weighted by molar-refractivity contribution is 0.483. The minimum absolute atomic E-state index is 0.142. The number of rotatable bonds is 3. The summed E-state index contributed by atoms with van der Waals surface area (Å²) in [6, 6.07) is 19.0. The zero-order chi connectivity index (χ0) is 15.6. The van der Waals surface area contributed by atoms with Gasteiger partial charge >= 0.3 is 0 Å². The van der Waals surface area contributed by atoms with E-state index >= 15 is 0 Å². The quantitative estimate of drug-likeness (QED) is 0.571. The molecule has 0 atom stereocenters. The Morgan fingerprint density at radius 2 is 1.59 bits per heavy atom. The molecular formula is C16H12N2O3S. The van der Waals surface area contributed by atoms with Crippen LogP contribution in [0.15, 0.2) is 81.9 Å². The first-order valence-corrected chi connectivity index (χ1v) is 7.95. The second-order valence-corrected chi connectivity index (χ2v) is 6.09. The van der Waals surface area contributed by atoms with E-state index in [9.17, 15) is 8.42 Å². The summed E-state index contributed by atoms with van der Waals surface area (Å²) in [6.07, 6.45) is 0. The van der Waals surface area contributed by atoms with E-state index in [4.69, 9.17) is 4.55 Å². The highest BCUT2D eigenvalue weighted by molar-refractivity contribution is 7.85. The van der Waals surface area contributed by atoms with Crippen molar-refractivity contribution in [2.75, 3.05) is 0 Å². The van der Waals surface area contributed by atoms with Gasteiger partial charge in [0.2, 0.25) is 0 Å². The summed E-state index contributed by atoms with van der Waals surface area (Å²) in [7, 11) is -4.22. The van der Waals surface area contributed by atoms with Crippen molar-refractivity contribution in [3.63, 3.8) is 0 Å².